The van der Waals surface area contributed by atoms with E-state index in [0.29, 0.717) is 13.1 Å². The van der Waals surface area contributed by atoms with E-state index in [0.717, 1.165) is 11.4 Å². The Kier molecular flexibility index (Phi) is 3.09. The Labute approximate surface area is 94.5 Å². The van der Waals surface area contributed by atoms with E-state index in [1.165, 1.54) is 0 Å². The van der Waals surface area contributed by atoms with Gasteiger partial charge in [0, 0.05) is 19.1 Å². The van der Waals surface area contributed by atoms with E-state index in [1.54, 1.807) is 6.20 Å². The Bertz CT molecular complexity index is 343. The molecule has 2 heterocycles. The highest BCUT2D eigenvalue weighted by Crippen LogP contribution is 2.20. The van der Waals surface area contributed by atoms with Gasteiger partial charge in [0.05, 0.1) is 29.8 Å². The fourth-order valence-electron chi connectivity index (χ4n) is 1.83. The minimum Gasteiger partial charge on any atom is -0.389 e. The molecule has 5 heteroatoms. The lowest BCUT2D eigenvalue weighted by atomic mass is 10.2. The molecule has 16 heavy (non-hydrogen) atoms. The van der Waals surface area contributed by atoms with Crippen LogP contribution in [0, 0.1) is 0 Å². The molecule has 0 aliphatic carbocycles. The summed E-state index contributed by atoms with van der Waals surface area (Å²) in [4.78, 5) is 6.15. The second-order valence-electron chi connectivity index (χ2n) is 4.27. The molecule has 4 N–H and O–H groups in total. The van der Waals surface area contributed by atoms with E-state index in [4.69, 9.17) is 5.73 Å². The van der Waals surface area contributed by atoms with E-state index in [9.17, 15) is 10.2 Å². The van der Waals surface area contributed by atoms with Crippen LogP contribution in [0.1, 0.15) is 18.7 Å². The Hall–Kier alpha value is -1.17. The van der Waals surface area contributed by atoms with Gasteiger partial charge in [0.1, 0.15) is 0 Å². The highest BCUT2D eigenvalue weighted by atomic mass is 16.3. The summed E-state index contributed by atoms with van der Waals surface area (Å²) in [6.45, 7) is 2.77. The van der Waals surface area contributed by atoms with Crippen LogP contribution in [0.5, 0.6) is 0 Å². The molecular formula is C11H17N3O2. The molecule has 1 fully saturated rings. The third-order valence-corrected chi connectivity index (χ3v) is 2.86. The first-order valence-electron chi connectivity index (χ1n) is 5.40. The number of hydrogen-bond donors (Lipinski definition) is 3. The van der Waals surface area contributed by atoms with E-state index < -0.39 is 12.2 Å². The van der Waals surface area contributed by atoms with Crippen molar-refractivity contribution in [2.45, 2.75) is 25.2 Å². The summed E-state index contributed by atoms with van der Waals surface area (Å²) in [5, 5.41) is 18.9. The minimum atomic E-state index is -0.673. The number of aliphatic hydroxyl groups is 2. The van der Waals surface area contributed by atoms with E-state index in [-0.39, 0.29) is 6.04 Å². The highest BCUT2D eigenvalue weighted by Gasteiger charge is 2.29. The lowest BCUT2D eigenvalue weighted by molar-refractivity contribution is 0.0572. The molecule has 0 bridgehead atoms. The van der Waals surface area contributed by atoms with Crippen molar-refractivity contribution in [2.75, 3.05) is 18.0 Å². The third-order valence-electron chi connectivity index (χ3n) is 2.86. The fraction of sp³-hybridized carbons (Fsp3) is 0.545. The molecule has 2 rings (SSSR count). The predicted octanol–water partition coefficient (Wildman–Crippen LogP) is -0.357. The monoisotopic (exact) mass is 223 g/mol. The first kappa shape index (κ1) is 11.3. The summed E-state index contributed by atoms with van der Waals surface area (Å²) in [5.74, 6) is 0. The Morgan fingerprint density at radius 3 is 2.44 bits per heavy atom. The topological polar surface area (TPSA) is 82.6 Å². The molecule has 0 saturated carbocycles. The predicted molar refractivity (Wildman–Crippen MR) is 61.1 cm³/mol. The van der Waals surface area contributed by atoms with Crippen LogP contribution in [-0.2, 0) is 0 Å². The lowest BCUT2D eigenvalue weighted by Gasteiger charge is -2.17. The van der Waals surface area contributed by atoms with Gasteiger partial charge in [0.15, 0.2) is 0 Å². The smallest absolute Gasteiger partial charge is 0.0990 e. The van der Waals surface area contributed by atoms with Gasteiger partial charge in [-0.1, -0.05) is 0 Å². The maximum Gasteiger partial charge on any atom is 0.0990 e. The zero-order valence-corrected chi connectivity index (χ0v) is 9.24. The zero-order valence-electron chi connectivity index (χ0n) is 9.24. The average Bonchev–Trinajstić information content (AvgIpc) is 2.59. The summed E-state index contributed by atoms with van der Waals surface area (Å²) in [6.07, 6.45) is 0.380. The van der Waals surface area contributed by atoms with E-state index >= 15 is 0 Å². The number of pyridine rings is 1. The van der Waals surface area contributed by atoms with Gasteiger partial charge in [-0.05, 0) is 19.1 Å². The van der Waals surface area contributed by atoms with Crippen molar-refractivity contribution >= 4 is 5.69 Å². The van der Waals surface area contributed by atoms with Gasteiger partial charge in [-0.3, -0.25) is 4.98 Å². The first-order chi connectivity index (χ1) is 7.58. The second kappa shape index (κ2) is 4.37. The van der Waals surface area contributed by atoms with Crippen LogP contribution in [0.4, 0.5) is 5.69 Å². The maximum atomic E-state index is 9.44. The number of aliphatic hydroxyl groups excluding tert-OH is 2. The summed E-state index contributed by atoms with van der Waals surface area (Å²) in [5.41, 5.74) is 7.45. The molecule has 2 unspecified atom stereocenters. The minimum absolute atomic E-state index is 0.0798. The van der Waals surface area contributed by atoms with Crippen LogP contribution in [0.15, 0.2) is 18.3 Å². The largest absolute Gasteiger partial charge is 0.389 e. The van der Waals surface area contributed by atoms with Crippen molar-refractivity contribution in [1.29, 1.82) is 0 Å². The van der Waals surface area contributed by atoms with Crippen LogP contribution in [0.25, 0.3) is 0 Å². The molecule has 1 aliphatic rings. The van der Waals surface area contributed by atoms with Crippen LogP contribution in [0.3, 0.4) is 0 Å². The van der Waals surface area contributed by atoms with Crippen molar-refractivity contribution in [3.05, 3.63) is 24.0 Å². The quantitative estimate of drug-likeness (QED) is 0.638. The molecule has 3 atom stereocenters. The Morgan fingerprint density at radius 2 is 2.00 bits per heavy atom. The van der Waals surface area contributed by atoms with Gasteiger partial charge < -0.3 is 20.8 Å². The van der Waals surface area contributed by atoms with Crippen molar-refractivity contribution in [1.82, 2.24) is 4.98 Å². The van der Waals surface area contributed by atoms with Crippen molar-refractivity contribution in [3.8, 4) is 0 Å². The summed E-state index contributed by atoms with van der Waals surface area (Å²) < 4.78 is 0. The first-order valence-corrected chi connectivity index (χ1v) is 5.40. The number of β-amino-alcohol motifs (C(OH)–C–C–N with tert-alkyl or cyclic N) is 2. The molecule has 1 aliphatic heterocycles. The number of aromatic nitrogens is 1. The van der Waals surface area contributed by atoms with Crippen molar-refractivity contribution in [2.24, 2.45) is 5.73 Å². The van der Waals surface area contributed by atoms with Crippen LogP contribution in [0.2, 0.25) is 0 Å². The number of nitrogens with two attached hydrogens (primary N) is 1. The van der Waals surface area contributed by atoms with Gasteiger partial charge in [-0.25, -0.2) is 0 Å². The molecule has 0 radical (unpaired) electrons. The number of nitrogens with zero attached hydrogens (tertiary/aromatic N) is 2. The number of rotatable bonds is 2. The number of anilines is 1. The third kappa shape index (κ3) is 2.16. The van der Waals surface area contributed by atoms with E-state index in [2.05, 4.69) is 4.98 Å². The molecular weight excluding hydrogens is 206 g/mol. The zero-order chi connectivity index (χ0) is 11.7. The standard InChI is InChI=1S/C11H17N3O2/c1-7(12)9-3-2-8(4-13-9)14-5-10(15)11(16)6-14/h2-4,7,10-11,15-16H,5-6,12H2,1H3/t7-,10?,11?/m0/s1. The molecule has 0 amide bonds. The van der Waals surface area contributed by atoms with Gasteiger partial charge in [-0.2, -0.15) is 0 Å². The molecule has 1 aromatic heterocycles. The molecule has 0 spiro atoms. The molecule has 1 saturated heterocycles. The van der Waals surface area contributed by atoms with Gasteiger partial charge in [-0.15, -0.1) is 0 Å². The van der Waals surface area contributed by atoms with Crippen LogP contribution < -0.4 is 10.6 Å². The molecule has 0 aromatic carbocycles. The van der Waals surface area contributed by atoms with Crippen molar-refractivity contribution in [3.63, 3.8) is 0 Å². The van der Waals surface area contributed by atoms with Crippen molar-refractivity contribution < 1.29 is 10.2 Å². The Morgan fingerprint density at radius 1 is 1.38 bits per heavy atom. The van der Waals surface area contributed by atoms with Gasteiger partial charge in [0.2, 0.25) is 0 Å². The van der Waals surface area contributed by atoms with Gasteiger partial charge >= 0.3 is 0 Å². The number of hydrogen-bond acceptors (Lipinski definition) is 5. The van der Waals surface area contributed by atoms with Crippen LogP contribution in [-0.4, -0.2) is 40.5 Å². The normalized spacial score (nSPS) is 27.1. The maximum absolute atomic E-state index is 9.44. The fourth-order valence-corrected chi connectivity index (χ4v) is 1.83. The second-order valence-corrected chi connectivity index (χ2v) is 4.27. The van der Waals surface area contributed by atoms with Crippen LogP contribution >= 0.6 is 0 Å². The van der Waals surface area contributed by atoms with E-state index in [1.807, 2.05) is 24.0 Å². The molecule has 88 valence electrons. The lowest BCUT2D eigenvalue weighted by Crippen LogP contribution is -2.22. The SMILES string of the molecule is C[C@H](N)c1ccc(N2CC(O)C(O)C2)cn1. The Balaban J connectivity index is 2.11. The summed E-state index contributed by atoms with van der Waals surface area (Å²) in [6, 6.07) is 3.71. The highest BCUT2D eigenvalue weighted by molar-refractivity contribution is 5.46. The average molecular weight is 223 g/mol. The molecule has 1 aromatic rings. The van der Waals surface area contributed by atoms with Gasteiger partial charge in [0.25, 0.3) is 0 Å². The summed E-state index contributed by atoms with van der Waals surface area (Å²) in [7, 11) is 0. The molecule has 5 nitrogen and oxygen atoms in total. The summed E-state index contributed by atoms with van der Waals surface area (Å²) >= 11 is 0.